The molecule has 1 N–H and O–H groups in total. The molecule has 0 radical (unpaired) electrons. The lowest BCUT2D eigenvalue weighted by atomic mass is 10.3. The number of hydrogen-bond donors (Lipinski definition) is 1. The molecular formula is C12H12ClN3O. The van der Waals surface area contributed by atoms with E-state index in [1.165, 1.54) is 18.6 Å². The van der Waals surface area contributed by atoms with Crippen molar-refractivity contribution in [1.29, 1.82) is 0 Å². The highest BCUT2D eigenvalue weighted by Crippen LogP contribution is 2.19. The molecule has 0 spiro atoms. The highest BCUT2D eigenvalue weighted by Gasteiger charge is 1.98. The fourth-order valence-corrected chi connectivity index (χ4v) is 1.66. The van der Waals surface area contributed by atoms with Crippen LogP contribution in [0, 0.1) is 0 Å². The van der Waals surface area contributed by atoms with Crippen molar-refractivity contribution in [3.63, 3.8) is 0 Å². The van der Waals surface area contributed by atoms with E-state index < -0.39 is 0 Å². The minimum absolute atomic E-state index is 0.0547. The molecule has 0 amide bonds. The second-order valence-corrected chi connectivity index (χ2v) is 3.93. The molecule has 88 valence electrons. The summed E-state index contributed by atoms with van der Waals surface area (Å²) in [7, 11) is 0. The van der Waals surface area contributed by atoms with Crippen LogP contribution < -0.4 is 10.9 Å². The quantitative estimate of drug-likeness (QED) is 0.902. The van der Waals surface area contributed by atoms with Gasteiger partial charge in [0.25, 0.3) is 5.56 Å². The first kappa shape index (κ1) is 11.7. The molecule has 0 aliphatic heterocycles. The lowest BCUT2D eigenvalue weighted by Gasteiger charge is -2.08. The second kappa shape index (κ2) is 5.50. The Kier molecular flexibility index (Phi) is 3.77. The molecule has 0 aliphatic carbocycles. The van der Waals surface area contributed by atoms with E-state index in [1.807, 2.05) is 24.3 Å². The van der Waals surface area contributed by atoms with Crippen LogP contribution in [0.25, 0.3) is 0 Å². The van der Waals surface area contributed by atoms with Crippen LogP contribution in [0.5, 0.6) is 0 Å². The minimum Gasteiger partial charge on any atom is -0.382 e. The largest absolute Gasteiger partial charge is 0.382 e. The van der Waals surface area contributed by atoms with Gasteiger partial charge in [0.15, 0.2) is 0 Å². The zero-order valence-electron chi connectivity index (χ0n) is 9.14. The van der Waals surface area contributed by atoms with Crippen molar-refractivity contribution in [2.75, 3.05) is 11.9 Å². The first-order valence-corrected chi connectivity index (χ1v) is 5.64. The molecule has 1 heterocycles. The van der Waals surface area contributed by atoms with Gasteiger partial charge in [-0.25, -0.2) is 4.98 Å². The summed E-state index contributed by atoms with van der Waals surface area (Å²) in [6.07, 6.45) is 3.01. The molecule has 0 aliphatic rings. The first-order chi connectivity index (χ1) is 8.27. The molecule has 4 nitrogen and oxygen atoms in total. The molecule has 2 rings (SSSR count). The number of hydrogen-bond acceptors (Lipinski definition) is 3. The summed E-state index contributed by atoms with van der Waals surface area (Å²) in [4.78, 5) is 15.3. The lowest BCUT2D eigenvalue weighted by Crippen LogP contribution is -2.22. The average Bonchev–Trinajstić information content (AvgIpc) is 2.34. The van der Waals surface area contributed by atoms with Crippen molar-refractivity contribution in [3.05, 3.63) is 58.2 Å². The minimum atomic E-state index is -0.0547. The van der Waals surface area contributed by atoms with Gasteiger partial charge in [-0.15, -0.1) is 0 Å². The summed E-state index contributed by atoms with van der Waals surface area (Å²) in [5.74, 6) is 0. The zero-order chi connectivity index (χ0) is 12.1. The molecule has 5 heteroatoms. The second-order valence-electron chi connectivity index (χ2n) is 3.52. The highest BCUT2D eigenvalue weighted by molar-refractivity contribution is 6.33. The molecule has 0 bridgehead atoms. The van der Waals surface area contributed by atoms with Crippen LogP contribution in [0.2, 0.25) is 5.02 Å². The monoisotopic (exact) mass is 249 g/mol. The Labute approximate surface area is 104 Å². The Morgan fingerprint density at radius 2 is 2.12 bits per heavy atom. The number of benzene rings is 1. The number of nitrogens with zero attached hydrogens (tertiary/aromatic N) is 2. The number of rotatable bonds is 4. The Balaban J connectivity index is 1.95. The van der Waals surface area contributed by atoms with Gasteiger partial charge in [0.1, 0.15) is 0 Å². The Morgan fingerprint density at radius 1 is 1.29 bits per heavy atom. The third-order valence-electron chi connectivity index (χ3n) is 2.33. The van der Waals surface area contributed by atoms with Gasteiger partial charge in [-0.3, -0.25) is 9.36 Å². The molecule has 0 fully saturated rings. The Hall–Kier alpha value is -1.81. The molecule has 0 saturated carbocycles. The molecule has 0 unspecified atom stereocenters. The van der Waals surface area contributed by atoms with E-state index in [1.54, 1.807) is 4.57 Å². The summed E-state index contributed by atoms with van der Waals surface area (Å²) in [5, 5.41) is 3.84. The van der Waals surface area contributed by atoms with Gasteiger partial charge in [-0.05, 0) is 12.1 Å². The average molecular weight is 250 g/mol. The third kappa shape index (κ3) is 3.07. The number of anilines is 1. The summed E-state index contributed by atoms with van der Waals surface area (Å²) >= 11 is 5.99. The van der Waals surface area contributed by atoms with E-state index >= 15 is 0 Å². The van der Waals surface area contributed by atoms with Crippen LogP contribution in [-0.2, 0) is 6.54 Å². The zero-order valence-corrected chi connectivity index (χ0v) is 9.89. The summed E-state index contributed by atoms with van der Waals surface area (Å²) in [6, 6.07) is 8.94. The van der Waals surface area contributed by atoms with E-state index in [9.17, 15) is 4.79 Å². The highest BCUT2D eigenvalue weighted by atomic mass is 35.5. The van der Waals surface area contributed by atoms with Crippen LogP contribution in [0.15, 0.2) is 47.7 Å². The topological polar surface area (TPSA) is 46.9 Å². The number of para-hydroxylation sites is 1. The van der Waals surface area contributed by atoms with Crippen molar-refractivity contribution in [2.45, 2.75) is 6.54 Å². The lowest BCUT2D eigenvalue weighted by molar-refractivity contribution is 0.680. The molecule has 0 saturated heterocycles. The fraction of sp³-hybridized carbons (Fsp3) is 0.167. The van der Waals surface area contributed by atoms with Gasteiger partial charge < -0.3 is 5.32 Å². The van der Waals surface area contributed by atoms with Gasteiger partial charge in [0, 0.05) is 25.4 Å². The van der Waals surface area contributed by atoms with Gasteiger partial charge in [0.2, 0.25) is 0 Å². The van der Waals surface area contributed by atoms with Gasteiger partial charge in [-0.2, -0.15) is 0 Å². The third-order valence-corrected chi connectivity index (χ3v) is 2.66. The van der Waals surface area contributed by atoms with Crippen LogP contribution in [0.4, 0.5) is 5.69 Å². The van der Waals surface area contributed by atoms with Crippen LogP contribution in [0.1, 0.15) is 0 Å². The molecule has 2 aromatic rings. The van der Waals surface area contributed by atoms with Crippen molar-refractivity contribution in [2.24, 2.45) is 0 Å². The van der Waals surface area contributed by atoms with E-state index in [-0.39, 0.29) is 5.56 Å². The smallest absolute Gasteiger partial charge is 0.253 e. The van der Waals surface area contributed by atoms with Crippen molar-refractivity contribution >= 4 is 17.3 Å². The van der Waals surface area contributed by atoms with Crippen LogP contribution in [-0.4, -0.2) is 16.1 Å². The summed E-state index contributed by atoms with van der Waals surface area (Å²) in [6.45, 7) is 1.17. The predicted octanol–water partition coefficient (Wildman–Crippen LogP) is 2.01. The molecule has 1 aromatic heterocycles. The van der Waals surface area contributed by atoms with Crippen molar-refractivity contribution < 1.29 is 0 Å². The van der Waals surface area contributed by atoms with Gasteiger partial charge >= 0.3 is 0 Å². The Bertz CT molecular complexity index is 553. The summed E-state index contributed by atoms with van der Waals surface area (Å²) in [5.41, 5.74) is 0.812. The van der Waals surface area contributed by atoms with E-state index in [0.29, 0.717) is 18.1 Å². The number of nitrogens with one attached hydrogen (secondary N) is 1. The number of halogens is 1. The maximum atomic E-state index is 11.4. The maximum Gasteiger partial charge on any atom is 0.253 e. The van der Waals surface area contributed by atoms with Gasteiger partial charge in [-0.1, -0.05) is 23.7 Å². The predicted molar refractivity (Wildman–Crippen MR) is 68.4 cm³/mol. The molecule has 17 heavy (non-hydrogen) atoms. The summed E-state index contributed by atoms with van der Waals surface area (Å²) < 4.78 is 1.55. The molecule has 0 atom stereocenters. The molecular weight excluding hydrogens is 238 g/mol. The SMILES string of the molecule is O=c1ccncn1CCNc1ccccc1Cl. The van der Waals surface area contributed by atoms with E-state index in [2.05, 4.69) is 10.3 Å². The molecule has 1 aromatic carbocycles. The fourth-order valence-electron chi connectivity index (χ4n) is 1.46. The normalized spacial score (nSPS) is 10.2. The number of aromatic nitrogens is 2. The standard InChI is InChI=1S/C12H12ClN3O/c13-10-3-1-2-4-11(10)15-7-8-16-9-14-6-5-12(16)17/h1-6,9,15H,7-8H2. The van der Waals surface area contributed by atoms with E-state index in [0.717, 1.165) is 5.69 Å². The van der Waals surface area contributed by atoms with Crippen molar-refractivity contribution in [1.82, 2.24) is 9.55 Å². The van der Waals surface area contributed by atoms with Crippen molar-refractivity contribution in [3.8, 4) is 0 Å². The maximum absolute atomic E-state index is 11.4. The van der Waals surface area contributed by atoms with Gasteiger partial charge in [0.05, 0.1) is 17.0 Å². The van der Waals surface area contributed by atoms with Crippen LogP contribution >= 0.6 is 11.6 Å². The Morgan fingerprint density at radius 3 is 2.88 bits per heavy atom. The first-order valence-electron chi connectivity index (χ1n) is 5.26. The van der Waals surface area contributed by atoms with Crippen LogP contribution in [0.3, 0.4) is 0 Å². The van der Waals surface area contributed by atoms with E-state index in [4.69, 9.17) is 11.6 Å².